The number of hydrogen-bond acceptors (Lipinski definition) is 6. The molecule has 0 aromatic carbocycles. The minimum absolute atomic E-state index is 0.0780. The van der Waals surface area contributed by atoms with Gasteiger partial charge in [-0.1, -0.05) is 17.8 Å². The third-order valence-corrected chi connectivity index (χ3v) is 5.24. The normalized spacial score (nSPS) is 15.3. The van der Waals surface area contributed by atoms with Crippen LogP contribution in [0.2, 0.25) is 0 Å². The van der Waals surface area contributed by atoms with Crippen LogP contribution in [0, 0.1) is 11.3 Å². The highest BCUT2D eigenvalue weighted by Gasteiger charge is 2.46. The number of nitriles is 1. The van der Waals surface area contributed by atoms with E-state index in [0.717, 1.165) is 18.5 Å². The van der Waals surface area contributed by atoms with Crippen LogP contribution < -0.4 is 5.56 Å². The fourth-order valence-electron chi connectivity index (χ4n) is 3.13. The first-order valence-electron chi connectivity index (χ1n) is 8.44. The van der Waals surface area contributed by atoms with Crippen molar-refractivity contribution in [3.8, 4) is 11.9 Å². The van der Waals surface area contributed by atoms with Crippen molar-refractivity contribution in [3.05, 3.63) is 40.4 Å². The second kappa shape index (κ2) is 5.95. The molecule has 3 aromatic heterocycles. The van der Waals surface area contributed by atoms with E-state index in [1.54, 1.807) is 15.6 Å². The smallest absolute Gasteiger partial charge is 0.267 e. The molecular weight excluding hydrogens is 348 g/mol. The molecule has 0 amide bonds. The van der Waals surface area contributed by atoms with Crippen molar-refractivity contribution in [2.24, 2.45) is 0 Å². The quantitative estimate of drug-likeness (QED) is 0.521. The lowest BCUT2D eigenvalue weighted by atomic mass is 10.0. The highest BCUT2D eigenvalue weighted by molar-refractivity contribution is 7.98. The van der Waals surface area contributed by atoms with Crippen molar-refractivity contribution < 1.29 is 0 Å². The Balaban J connectivity index is 2.02. The molecule has 7 nitrogen and oxygen atoms in total. The molecule has 4 rings (SSSR count). The van der Waals surface area contributed by atoms with E-state index in [4.69, 9.17) is 4.98 Å². The Bertz CT molecular complexity index is 1100. The summed E-state index contributed by atoms with van der Waals surface area (Å²) >= 11 is 1.42. The topological polar surface area (TPSA) is 89.4 Å². The van der Waals surface area contributed by atoms with Crippen LogP contribution in [0.5, 0.6) is 0 Å². The lowest BCUT2D eigenvalue weighted by Crippen LogP contribution is -2.25. The lowest BCUT2D eigenvalue weighted by Gasteiger charge is -2.16. The van der Waals surface area contributed by atoms with E-state index >= 15 is 0 Å². The molecule has 0 spiro atoms. The molecule has 1 saturated carbocycles. The van der Waals surface area contributed by atoms with Gasteiger partial charge < -0.3 is 0 Å². The first-order valence-corrected chi connectivity index (χ1v) is 9.66. The summed E-state index contributed by atoms with van der Waals surface area (Å²) in [5.74, 6) is 0.593. The van der Waals surface area contributed by atoms with Gasteiger partial charge in [0.05, 0.1) is 17.2 Å². The maximum absolute atomic E-state index is 12.9. The van der Waals surface area contributed by atoms with Crippen LogP contribution in [0.25, 0.3) is 16.9 Å². The fraction of sp³-hybridized carbons (Fsp3) is 0.389. The fourth-order valence-corrected chi connectivity index (χ4v) is 3.46. The van der Waals surface area contributed by atoms with Crippen LogP contribution >= 0.6 is 11.8 Å². The maximum atomic E-state index is 12.9. The molecule has 0 radical (unpaired) electrons. The zero-order valence-electron chi connectivity index (χ0n) is 14.8. The summed E-state index contributed by atoms with van der Waals surface area (Å²) in [5, 5.41) is 10.5. The molecule has 1 aliphatic rings. The second-order valence-electron chi connectivity index (χ2n) is 6.72. The predicted octanol–water partition coefficient (Wildman–Crippen LogP) is 2.84. The minimum atomic E-state index is -0.485. The van der Waals surface area contributed by atoms with Crippen LogP contribution in [0.15, 0.2) is 34.3 Å². The van der Waals surface area contributed by atoms with Crippen LogP contribution in [0.1, 0.15) is 38.4 Å². The van der Waals surface area contributed by atoms with Crippen molar-refractivity contribution >= 4 is 22.8 Å². The number of fused-ring (bicyclic) bond motifs is 1. The van der Waals surface area contributed by atoms with E-state index in [2.05, 4.69) is 16.0 Å². The van der Waals surface area contributed by atoms with E-state index in [-0.39, 0.29) is 11.6 Å². The minimum Gasteiger partial charge on any atom is -0.267 e. The molecule has 26 heavy (non-hydrogen) atoms. The van der Waals surface area contributed by atoms with Crippen molar-refractivity contribution in [1.82, 2.24) is 24.3 Å². The molecule has 0 unspecified atom stereocenters. The highest BCUT2D eigenvalue weighted by atomic mass is 32.2. The molecule has 1 fully saturated rings. The monoisotopic (exact) mass is 366 g/mol. The Kier molecular flexibility index (Phi) is 3.84. The molecule has 0 N–H and O–H groups in total. The maximum Gasteiger partial charge on any atom is 0.278 e. The zero-order chi connectivity index (χ0) is 18.5. The third kappa shape index (κ3) is 2.42. The van der Waals surface area contributed by atoms with Gasteiger partial charge in [-0.05, 0) is 45.1 Å². The SMILES string of the molecule is CSc1ncc2c(=O)n(C(C)C)n(-c3cccc(C4(C#N)CC4)n3)c2n1. The molecule has 0 aliphatic heterocycles. The van der Waals surface area contributed by atoms with Crippen molar-refractivity contribution in [2.75, 3.05) is 6.26 Å². The van der Waals surface area contributed by atoms with E-state index in [0.29, 0.717) is 22.0 Å². The second-order valence-corrected chi connectivity index (χ2v) is 7.50. The van der Waals surface area contributed by atoms with Crippen LogP contribution in [-0.4, -0.2) is 30.6 Å². The van der Waals surface area contributed by atoms with Gasteiger partial charge >= 0.3 is 0 Å². The number of rotatable bonds is 4. The van der Waals surface area contributed by atoms with Gasteiger partial charge in [-0.15, -0.1) is 0 Å². The van der Waals surface area contributed by atoms with Crippen LogP contribution in [0.4, 0.5) is 0 Å². The molecular formula is C18H18N6OS. The van der Waals surface area contributed by atoms with Gasteiger partial charge in [-0.25, -0.2) is 24.3 Å². The van der Waals surface area contributed by atoms with Gasteiger partial charge in [-0.2, -0.15) is 5.26 Å². The standard InChI is InChI=1S/C18H18N6OS/c1-11(2)23-16(25)12-9-20-17(26-3)22-15(12)24(23)14-6-4-5-13(21-14)18(10-19)7-8-18/h4-6,9,11H,7-8H2,1-3H3. The molecule has 1 aliphatic carbocycles. The summed E-state index contributed by atoms with van der Waals surface area (Å²) in [6, 6.07) is 7.90. The lowest BCUT2D eigenvalue weighted by molar-refractivity contribution is 0.470. The van der Waals surface area contributed by atoms with Crippen LogP contribution in [0.3, 0.4) is 0 Å². The average Bonchev–Trinajstić information content (AvgIpc) is 3.40. The summed E-state index contributed by atoms with van der Waals surface area (Å²) in [6.07, 6.45) is 5.11. The summed E-state index contributed by atoms with van der Waals surface area (Å²) in [5.41, 5.74) is 0.661. The first-order chi connectivity index (χ1) is 12.5. The van der Waals surface area contributed by atoms with Crippen molar-refractivity contribution in [2.45, 2.75) is 43.3 Å². The van der Waals surface area contributed by atoms with Crippen molar-refractivity contribution in [3.63, 3.8) is 0 Å². The molecule has 0 saturated heterocycles. The van der Waals surface area contributed by atoms with E-state index in [9.17, 15) is 10.1 Å². The van der Waals surface area contributed by atoms with Crippen LogP contribution in [-0.2, 0) is 5.41 Å². The number of aromatic nitrogens is 5. The van der Waals surface area contributed by atoms with Crippen molar-refractivity contribution in [1.29, 1.82) is 5.26 Å². The highest BCUT2D eigenvalue weighted by Crippen LogP contribution is 2.46. The van der Waals surface area contributed by atoms with Gasteiger partial charge in [-0.3, -0.25) is 4.79 Å². The Morgan fingerprint density at radius 3 is 2.69 bits per heavy atom. The van der Waals surface area contributed by atoms with E-state index < -0.39 is 5.41 Å². The Morgan fingerprint density at radius 1 is 1.31 bits per heavy atom. The van der Waals surface area contributed by atoms with Gasteiger partial charge in [0.1, 0.15) is 5.39 Å². The summed E-state index contributed by atoms with van der Waals surface area (Å²) in [7, 11) is 0. The van der Waals surface area contributed by atoms with Gasteiger partial charge in [0.2, 0.25) is 0 Å². The molecule has 132 valence electrons. The molecule has 0 bridgehead atoms. The Morgan fingerprint density at radius 2 is 2.08 bits per heavy atom. The van der Waals surface area contributed by atoms with E-state index in [1.165, 1.54) is 11.8 Å². The number of hydrogen-bond donors (Lipinski definition) is 0. The summed E-state index contributed by atoms with van der Waals surface area (Å²) < 4.78 is 3.39. The van der Waals surface area contributed by atoms with Gasteiger partial charge in [0.25, 0.3) is 5.56 Å². The molecule has 3 aromatic rings. The zero-order valence-corrected chi connectivity index (χ0v) is 15.6. The van der Waals surface area contributed by atoms with E-state index in [1.807, 2.05) is 38.3 Å². The summed E-state index contributed by atoms with van der Waals surface area (Å²) in [4.78, 5) is 26.4. The number of pyridine rings is 1. The Hall–Kier alpha value is -2.66. The summed E-state index contributed by atoms with van der Waals surface area (Å²) in [6.45, 7) is 3.89. The first kappa shape index (κ1) is 16.8. The number of thioether (sulfide) groups is 1. The molecule has 0 atom stereocenters. The largest absolute Gasteiger partial charge is 0.278 e. The Labute approximate surface area is 154 Å². The van der Waals surface area contributed by atoms with Gasteiger partial charge in [0, 0.05) is 12.2 Å². The number of nitrogens with zero attached hydrogens (tertiary/aromatic N) is 6. The predicted molar refractivity (Wildman–Crippen MR) is 99.6 cm³/mol. The molecule has 3 heterocycles. The van der Waals surface area contributed by atoms with Gasteiger partial charge in [0.15, 0.2) is 16.6 Å². The third-order valence-electron chi connectivity index (χ3n) is 4.68. The molecule has 8 heteroatoms. The average molecular weight is 366 g/mol.